The van der Waals surface area contributed by atoms with Crippen LogP contribution >= 0.6 is 23.2 Å². The van der Waals surface area contributed by atoms with Crippen LogP contribution in [-0.4, -0.2) is 14.7 Å². The molecule has 0 amide bonds. The van der Waals surface area contributed by atoms with Crippen molar-refractivity contribution in [2.75, 3.05) is 0 Å². The van der Waals surface area contributed by atoms with Crippen LogP contribution in [0, 0.1) is 0 Å². The fourth-order valence-corrected chi connectivity index (χ4v) is 2.72. The Morgan fingerprint density at radius 3 is 2.62 bits per heavy atom. The highest BCUT2D eigenvalue weighted by Crippen LogP contribution is 2.26. The van der Waals surface area contributed by atoms with E-state index in [1.54, 1.807) is 13.0 Å². The van der Waals surface area contributed by atoms with Crippen LogP contribution in [-0.2, 0) is 6.54 Å². The van der Waals surface area contributed by atoms with E-state index in [2.05, 4.69) is 4.98 Å². The fourth-order valence-electron chi connectivity index (χ4n) is 2.40. The Morgan fingerprint density at radius 2 is 1.90 bits per heavy atom. The zero-order valence-electron chi connectivity index (χ0n) is 11.4. The van der Waals surface area contributed by atoms with E-state index in [-0.39, 0.29) is 0 Å². The SMILES string of the molecule is C[C@H](O)c1nc2ccccc2n1Cc1ccc(Cl)c(Cl)c1. The van der Waals surface area contributed by atoms with Gasteiger partial charge in [-0.15, -0.1) is 0 Å². The molecule has 1 N–H and O–H groups in total. The van der Waals surface area contributed by atoms with Gasteiger partial charge in [-0.1, -0.05) is 41.4 Å². The Hall–Kier alpha value is -1.55. The average molecular weight is 321 g/mol. The molecule has 0 aliphatic rings. The topological polar surface area (TPSA) is 38.1 Å². The van der Waals surface area contributed by atoms with E-state index in [1.165, 1.54) is 0 Å². The molecule has 1 heterocycles. The van der Waals surface area contributed by atoms with Crippen LogP contribution in [0.4, 0.5) is 0 Å². The van der Waals surface area contributed by atoms with E-state index in [1.807, 2.05) is 41.0 Å². The van der Waals surface area contributed by atoms with Crippen molar-refractivity contribution >= 4 is 34.2 Å². The second-order valence-electron chi connectivity index (χ2n) is 4.97. The van der Waals surface area contributed by atoms with Gasteiger partial charge in [0.1, 0.15) is 11.9 Å². The highest BCUT2D eigenvalue weighted by molar-refractivity contribution is 6.42. The normalized spacial score (nSPS) is 12.8. The van der Waals surface area contributed by atoms with E-state index >= 15 is 0 Å². The van der Waals surface area contributed by atoms with E-state index in [0.29, 0.717) is 22.4 Å². The quantitative estimate of drug-likeness (QED) is 0.774. The van der Waals surface area contributed by atoms with E-state index in [9.17, 15) is 5.11 Å². The van der Waals surface area contributed by atoms with Gasteiger partial charge in [-0.3, -0.25) is 0 Å². The Labute approximate surface area is 132 Å². The number of para-hydroxylation sites is 2. The lowest BCUT2D eigenvalue weighted by molar-refractivity contribution is 0.185. The van der Waals surface area contributed by atoms with Gasteiger partial charge < -0.3 is 9.67 Å². The van der Waals surface area contributed by atoms with Gasteiger partial charge in [0.2, 0.25) is 0 Å². The standard InChI is InChI=1S/C16H14Cl2N2O/c1-10(21)16-19-14-4-2-3-5-15(14)20(16)9-11-6-7-12(17)13(18)8-11/h2-8,10,21H,9H2,1H3/t10-/m0/s1. The van der Waals surface area contributed by atoms with Gasteiger partial charge in [-0.2, -0.15) is 0 Å². The second-order valence-corrected chi connectivity index (χ2v) is 5.78. The van der Waals surface area contributed by atoms with Crippen molar-refractivity contribution in [3.63, 3.8) is 0 Å². The molecule has 0 bridgehead atoms. The summed E-state index contributed by atoms with van der Waals surface area (Å²) in [4.78, 5) is 4.50. The summed E-state index contributed by atoms with van der Waals surface area (Å²) in [7, 11) is 0. The summed E-state index contributed by atoms with van der Waals surface area (Å²) in [5.74, 6) is 0.641. The number of fused-ring (bicyclic) bond motifs is 1. The smallest absolute Gasteiger partial charge is 0.138 e. The van der Waals surface area contributed by atoms with Crippen LogP contribution < -0.4 is 0 Å². The fraction of sp³-hybridized carbons (Fsp3) is 0.188. The molecular weight excluding hydrogens is 307 g/mol. The lowest BCUT2D eigenvalue weighted by atomic mass is 10.2. The maximum atomic E-state index is 9.95. The molecule has 2 aromatic carbocycles. The van der Waals surface area contributed by atoms with E-state index < -0.39 is 6.10 Å². The van der Waals surface area contributed by atoms with Crippen LogP contribution in [0.5, 0.6) is 0 Å². The molecule has 0 saturated heterocycles. The minimum absolute atomic E-state index is 0.525. The van der Waals surface area contributed by atoms with Crippen LogP contribution in [0.25, 0.3) is 11.0 Å². The molecule has 0 radical (unpaired) electrons. The van der Waals surface area contributed by atoms with Crippen molar-refractivity contribution in [3.05, 3.63) is 63.9 Å². The summed E-state index contributed by atoms with van der Waals surface area (Å²) < 4.78 is 2.00. The van der Waals surface area contributed by atoms with Crippen LogP contribution in [0.1, 0.15) is 24.4 Å². The molecule has 3 nitrogen and oxygen atoms in total. The minimum Gasteiger partial charge on any atom is -0.385 e. The molecule has 1 aromatic heterocycles. The first kappa shape index (κ1) is 14.4. The average Bonchev–Trinajstić information content (AvgIpc) is 2.82. The Morgan fingerprint density at radius 1 is 1.14 bits per heavy atom. The Kier molecular flexibility index (Phi) is 3.89. The largest absolute Gasteiger partial charge is 0.385 e. The van der Waals surface area contributed by atoms with Gasteiger partial charge in [0, 0.05) is 6.54 Å². The summed E-state index contributed by atoms with van der Waals surface area (Å²) in [5.41, 5.74) is 2.86. The van der Waals surface area contributed by atoms with Crippen LogP contribution in [0.2, 0.25) is 10.0 Å². The zero-order chi connectivity index (χ0) is 15.0. The molecule has 0 spiro atoms. The van der Waals surface area contributed by atoms with Gasteiger partial charge in [-0.05, 0) is 36.8 Å². The first-order chi connectivity index (χ1) is 10.1. The third-order valence-electron chi connectivity index (χ3n) is 3.38. The number of aliphatic hydroxyl groups excluding tert-OH is 1. The Balaban J connectivity index is 2.10. The first-order valence-electron chi connectivity index (χ1n) is 6.63. The highest BCUT2D eigenvalue weighted by atomic mass is 35.5. The van der Waals surface area contributed by atoms with Crippen LogP contribution in [0.3, 0.4) is 0 Å². The molecule has 0 saturated carbocycles. The van der Waals surface area contributed by atoms with Crippen LogP contribution in [0.15, 0.2) is 42.5 Å². The summed E-state index contributed by atoms with van der Waals surface area (Å²) in [6, 6.07) is 13.4. The summed E-state index contributed by atoms with van der Waals surface area (Å²) >= 11 is 12.0. The number of aliphatic hydroxyl groups is 1. The third kappa shape index (κ3) is 2.77. The Bertz CT molecular complexity index is 796. The van der Waals surface area contributed by atoms with E-state index in [4.69, 9.17) is 23.2 Å². The lowest BCUT2D eigenvalue weighted by Gasteiger charge is -2.11. The number of benzene rings is 2. The molecule has 21 heavy (non-hydrogen) atoms. The van der Waals surface area contributed by atoms with Crippen molar-refractivity contribution in [2.24, 2.45) is 0 Å². The van der Waals surface area contributed by atoms with Crippen molar-refractivity contribution < 1.29 is 5.11 Å². The highest BCUT2D eigenvalue weighted by Gasteiger charge is 2.15. The molecule has 108 valence electrons. The maximum absolute atomic E-state index is 9.95. The monoisotopic (exact) mass is 320 g/mol. The molecule has 1 atom stereocenters. The summed E-state index contributed by atoms with van der Waals surface area (Å²) in [6.45, 7) is 2.30. The maximum Gasteiger partial charge on any atom is 0.138 e. The number of halogens is 2. The summed E-state index contributed by atoms with van der Waals surface area (Å²) in [5, 5.41) is 11.0. The predicted octanol–water partition coefficient (Wildman–Crippen LogP) is 4.44. The zero-order valence-corrected chi connectivity index (χ0v) is 12.9. The summed E-state index contributed by atoms with van der Waals surface area (Å²) in [6.07, 6.45) is -0.639. The molecular formula is C16H14Cl2N2O. The van der Waals surface area contributed by atoms with Crippen molar-refractivity contribution in [1.82, 2.24) is 9.55 Å². The molecule has 0 aliphatic carbocycles. The van der Waals surface area contributed by atoms with Crippen molar-refractivity contribution in [1.29, 1.82) is 0 Å². The first-order valence-corrected chi connectivity index (χ1v) is 7.39. The van der Waals surface area contributed by atoms with Gasteiger partial charge in [0.05, 0.1) is 21.1 Å². The number of rotatable bonds is 3. The number of imidazole rings is 1. The molecule has 0 unspecified atom stereocenters. The molecule has 0 aliphatic heterocycles. The van der Waals surface area contributed by atoms with E-state index in [0.717, 1.165) is 16.6 Å². The third-order valence-corrected chi connectivity index (χ3v) is 4.12. The van der Waals surface area contributed by atoms with Gasteiger partial charge in [0.25, 0.3) is 0 Å². The van der Waals surface area contributed by atoms with Crippen molar-refractivity contribution in [2.45, 2.75) is 19.6 Å². The molecule has 5 heteroatoms. The number of hydrogen-bond acceptors (Lipinski definition) is 2. The predicted molar refractivity (Wildman–Crippen MR) is 85.9 cm³/mol. The minimum atomic E-state index is -0.639. The molecule has 3 aromatic rings. The number of hydrogen-bond donors (Lipinski definition) is 1. The molecule has 0 fully saturated rings. The van der Waals surface area contributed by atoms with Gasteiger partial charge in [-0.25, -0.2) is 4.98 Å². The number of nitrogens with zero attached hydrogens (tertiary/aromatic N) is 2. The van der Waals surface area contributed by atoms with Gasteiger partial charge in [0.15, 0.2) is 0 Å². The number of aromatic nitrogens is 2. The second kappa shape index (κ2) is 5.68. The van der Waals surface area contributed by atoms with Gasteiger partial charge >= 0.3 is 0 Å². The lowest BCUT2D eigenvalue weighted by Crippen LogP contribution is -2.08. The van der Waals surface area contributed by atoms with Crippen molar-refractivity contribution in [3.8, 4) is 0 Å². The molecule has 3 rings (SSSR count).